The molecule has 4 bridgehead atoms. The number of rotatable bonds is 0. The zero-order valence-corrected chi connectivity index (χ0v) is 10.1. The van der Waals surface area contributed by atoms with Crippen LogP contribution in [0, 0.1) is 29.2 Å². The first kappa shape index (κ1) is 12.2. The molecule has 0 unspecified atom stereocenters. The third-order valence-electron chi connectivity index (χ3n) is 4.26. The van der Waals surface area contributed by atoms with Gasteiger partial charge in [0.1, 0.15) is 0 Å². The van der Waals surface area contributed by atoms with Crippen molar-refractivity contribution in [3.63, 3.8) is 0 Å². The predicted molar refractivity (Wildman–Crippen MR) is 66.5 cm³/mol. The third-order valence-corrected chi connectivity index (χ3v) is 4.26. The summed E-state index contributed by atoms with van der Waals surface area (Å²) < 4.78 is 0. The lowest BCUT2D eigenvalue weighted by molar-refractivity contribution is 0.000365. The highest BCUT2D eigenvalue weighted by Crippen LogP contribution is 2.54. The average molecular weight is 235 g/mol. The van der Waals surface area contributed by atoms with Gasteiger partial charge in [0.05, 0.1) is 0 Å². The molecular formula is C12H21N5. The summed E-state index contributed by atoms with van der Waals surface area (Å²) in [4.78, 5) is 2.90. The average Bonchev–Trinajstić information content (AvgIpc) is 2.13. The maximum Gasteiger partial charge on any atom is 0.209 e. The van der Waals surface area contributed by atoms with Crippen LogP contribution >= 0.6 is 0 Å². The van der Waals surface area contributed by atoms with Crippen molar-refractivity contribution >= 4 is 5.96 Å². The number of aliphatic imine (C=N–C) groups is 1. The summed E-state index contributed by atoms with van der Waals surface area (Å²) >= 11 is 0. The molecule has 4 rings (SSSR count). The molecule has 6 N–H and O–H groups in total. The van der Waals surface area contributed by atoms with Crippen LogP contribution in [0.3, 0.4) is 0 Å². The van der Waals surface area contributed by atoms with Crippen molar-refractivity contribution in [3.05, 3.63) is 0 Å². The van der Waals surface area contributed by atoms with Crippen molar-refractivity contribution in [3.8, 4) is 6.19 Å². The minimum Gasteiger partial charge on any atom is -0.369 e. The summed E-state index contributed by atoms with van der Waals surface area (Å²) in [6.45, 7) is 0. The Bertz CT molecular complexity index is 315. The number of nitrogens with two attached hydrogens (primary N) is 3. The van der Waals surface area contributed by atoms with Crippen LogP contribution in [0.4, 0.5) is 0 Å². The van der Waals surface area contributed by atoms with Gasteiger partial charge in [-0.1, -0.05) is 0 Å². The van der Waals surface area contributed by atoms with E-state index in [-0.39, 0.29) is 5.96 Å². The topological polar surface area (TPSA) is 114 Å². The molecule has 0 amide bonds. The second kappa shape index (κ2) is 4.53. The summed E-state index contributed by atoms with van der Waals surface area (Å²) in [6, 6.07) is 0. The monoisotopic (exact) mass is 235 g/mol. The fraction of sp³-hybridized carbons (Fsp3) is 0.833. The van der Waals surface area contributed by atoms with Gasteiger partial charge < -0.3 is 17.2 Å². The standard InChI is InChI=1S/C10H17N.C2H4N4/c11-10-4-7-1-8(5-10)3-9(2-7)6-10;3-1-6-2(4)5/h7-9H,1-6,11H2;(H4,4,5,6). The molecule has 0 aromatic heterocycles. The molecule has 5 heteroatoms. The molecule has 0 aliphatic heterocycles. The number of nitrogens with zero attached hydrogens (tertiary/aromatic N) is 2. The summed E-state index contributed by atoms with van der Waals surface area (Å²) in [6.07, 6.45) is 9.97. The molecular weight excluding hydrogens is 214 g/mol. The van der Waals surface area contributed by atoms with Gasteiger partial charge in [-0.2, -0.15) is 5.26 Å². The Kier molecular flexibility index (Phi) is 3.25. The maximum absolute atomic E-state index is 7.64. The molecule has 0 atom stereocenters. The van der Waals surface area contributed by atoms with Crippen LogP contribution in [0.1, 0.15) is 38.5 Å². The van der Waals surface area contributed by atoms with Gasteiger partial charge >= 0.3 is 0 Å². The molecule has 5 nitrogen and oxygen atoms in total. The second-order valence-electron chi connectivity index (χ2n) is 5.92. The fourth-order valence-electron chi connectivity index (χ4n) is 4.24. The fourth-order valence-corrected chi connectivity index (χ4v) is 4.24. The minimum atomic E-state index is -0.197. The van der Waals surface area contributed by atoms with Gasteiger partial charge in [0.25, 0.3) is 0 Å². The van der Waals surface area contributed by atoms with Crippen molar-refractivity contribution in [1.82, 2.24) is 0 Å². The molecule has 94 valence electrons. The van der Waals surface area contributed by atoms with E-state index in [1.807, 2.05) is 0 Å². The Morgan fingerprint density at radius 2 is 1.47 bits per heavy atom. The number of hydrogen-bond donors (Lipinski definition) is 3. The molecule has 17 heavy (non-hydrogen) atoms. The van der Waals surface area contributed by atoms with Crippen LogP contribution in [-0.2, 0) is 0 Å². The molecule has 4 aliphatic rings. The Morgan fingerprint density at radius 3 is 1.65 bits per heavy atom. The molecule has 0 aromatic rings. The largest absolute Gasteiger partial charge is 0.369 e. The minimum absolute atomic E-state index is 0.197. The van der Waals surface area contributed by atoms with E-state index in [9.17, 15) is 0 Å². The van der Waals surface area contributed by atoms with Crippen molar-refractivity contribution in [2.45, 2.75) is 44.1 Å². The molecule has 0 spiro atoms. The molecule has 0 saturated heterocycles. The lowest BCUT2D eigenvalue weighted by Crippen LogP contribution is -2.55. The van der Waals surface area contributed by atoms with Crippen molar-refractivity contribution < 1.29 is 0 Å². The first-order valence-electron chi connectivity index (χ1n) is 6.27. The van der Waals surface area contributed by atoms with E-state index in [0.29, 0.717) is 5.54 Å². The van der Waals surface area contributed by atoms with Crippen LogP contribution < -0.4 is 17.2 Å². The van der Waals surface area contributed by atoms with Gasteiger partial charge in [-0.3, -0.25) is 0 Å². The molecule has 0 aromatic carbocycles. The third kappa shape index (κ3) is 2.89. The lowest BCUT2D eigenvalue weighted by Gasteiger charge is -2.55. The quantitative estimate of drug-likeness (QED) is 0.325. The van der Waals surface area contributed by atoms with Gasteiger partial charge in [-0.05, 0) is 56.3 Å². The van der Waals surface area contributed by atoms with E-state index in [1.165, 1.54) is 44.7 Å². The smallest absolute Gasteiger partial charge is 0.209 e. The van der Waals surface area contributed by atoms with Gasteiger partial charge in [0.2, 0.25) is 12.2 Å². The van der Waals surface area contributed by atoms with Crippen molar-refractivity contribution in [2.75, 3.05) is 0 Å². The summed E-state index contributed by atoms with van der Waals surface area (Å²) in [5, 5.41) is 7.64. The highest BCUT2D eigenvalue weighted by molar-refractivity contribution is 5.76. The number of guanidine groups is 1. The Labute approximate surface area is 102 Å². The van der Waals surface area contributed by atoms with Gasteiger partial charge in [-0.25, -0.2) is 0 Å². The zero-order chi connectivity index (χ0) is 12.5. The van der Waals surface area contributed by atoms with Gasteiger partial charge in [0.15, 0.2) is 0 Å². The number of hydrogen-bond acceptors (Lipinski definition) is 3. The van der Waals surface area contributed by atoms with E-state index >= 15 is 0 Å². The highest BCUT2D eigenvalue weighted by atomic mass is 15.0. The van der Waals surface area contributed by atoms with Crippen molar-refractivity contribution in [1.29, 1.82) is 5.26 Å². The van der Waals surface area contributed by atoms with Crippen LogP contribution in [-0.4, -0.2) is 11.5 Å². The molecule has 0 radical (unpaired) electrons. The van der Waals surface area contributed by atoms with E-state index in [0.717, 1.165) is 17.8 Å². The Balaban J connectivity index is 0.000000157. The van der Waals surface area contributed by atoms with E-state index < -0.39 is 0 Å². The molecule has 4 fully saturated rings. The molecule has 0 heterocycles. The lowest BCUT2D eigenvalue weighted by atomic mass is 9.53. The van der Waals surface area contributed by atoms with E-state index in [4.69, 9.17) is 22.5 Å². The van der Waals surface area contributed by atoms with E-state index in [2.05, 4.69) is 4.99 Å². The van der Waals surface area contributed by atoms with Crippen LogP contribution in [0.25, 0.3) is 0 Å². The first-order valence-corrected chi connectivity index (χ1v) is 6.27. The van der Waals surface area contributed by atoms with Crippen LogP contribution in [0.5, 0.6) is 0 Å². The van der Waals surface area contributed by atoms with Crippen LogP contribution in [0.2, 0.25) is 0 Å². The maximum atomic E-state index is 7.64. The Hall–Kier alpha value is -1.28. The highest BCUT2D eigenvalue weighted by Gasteiger charge is 2.48. The zero-order valence-electron chi connectivity index (χ0n) is 10.1. The summed E-state index contributed by atoms with van der Waals surface area (Å²) in [7, 11) is 0. The molecule has 4 aliphatic carbocycles. The second-order valence-corrected chi connectivity index (χ2v) is 5.92. The first-order chi connectivity index (χ1) is 8.00. The normalized spacial score (nSPS) is 41.1. The number of nitriles is 1. The predicted octanol–water partition coefficient (Wildman–Crippen LogP) is 0.655. The summed E-state index contributed by atoms with van der Waals surface area (Å²) in [5.41, 5.74) is 16.0. The van der Waals surface area contributed by atoms with Gasteiger partial charge in [-0.15, -0.1) is 4.99 Å². The van der Waals surface area contributed by atoms with Crippen molar-refractivity contribution in [2.24, 2.45) is 39.9 Å². The Morgan fingerprint density at radius 1 is 1.06 bits per heavy atom. The van der Waals surface area contributed by atoms with E-state index in [1.54, 1.807) is 0 Å². The van der Waals surface area contributed by atoms with Crippen LogP contribution in [0.15, 0.2) is 4.99 Å². The molecule has 4 saturated carbocycles. The SMILES string of the molecule is N#CN=C(N)N.NC12CC3CC(CC(C3)C1)C2. The van der Waals surface area contributed by atoms with Gasteiger partial charge in [0, 0.05) is 5.54 Å². The summed E-state index contributed by atoms with van der Waals surface area (Å²) in [5.74, 6) is 2.86.